The summed E-state index contributed by atoms with van der Waals surface area (Å²) in [7, 11) is -0.696. The van der Waals surface area contributed by atoms with Crippen LogP contribution in [0.1, 0.15) is 21.7 Å². The molecule has 2 aromatic rings. The van der Waals surface area contributed by atoms with Crippen LogP contribution in [0.2, 0.25) is 0 Å². The number of nitrogens with zero attached hydrogens (tertiary/aromatic N) is 2. The number of hydrogen-bond acceptors (Lipinski definition) is 5. The lowest BCUT2D eigenvalue weighted by Gasteiger charge is -2.10. The minimum Gasteiger partial charge on any atom is -0.496 e. The Bertz CT molecular complexity index is 842. The molecule has 0 aliphatic heterocycles. The Balaban J connectivity index is 2.27. The van der Waals surface area contributed by atoms with Crippen LogP contribution in [0.3, 0.4) is 0 Å². The molecule has 0 aliphatic carbocycles. The molecule has 0 aliphatic rings. The largest absolute Gasteiger partial charge is 0.496 e. The number of nitrogens with one attached hydrogen (secondary N) is 1. The molecule has 23 heavy (non-hydrogen) atoms. The zero-order valence-corrected chi connectivity index (χ0v) is 13.8. The Labute approximate surface area is 134 Å². The van der Waals surface area contributed by atoms with Crippen molar-refractivity contribution >= 4 is 15.9 Å². The topological polar surface area (TPSA) is 116 Å². The lowest BCUT2D eigenvalue weighted by Crippen LogP contribution is -2.25. The van der Waals surface area contributed by atoms with E-state index >= 15 is 0 Å². The average Bonchev–Trinajstić information content (AvgIpc) is 2.82. The van der Waals surface area contributed by atoms with Crippen molar-refractivity contribution in [1.82, 2.24) is 14.5 Å². The van der Waals surface area contributed by atoms with Gasteiger partial charge >= 0.3 is 0 Å². The molecule has 1 heterocycles. The maximum Gasteiger partial charge on any atom is 0.252 e. The van der Waals surface area contributed by atoms with Crippen molar-refractivity contribution < 1.29 is 17.9 Å². The van der Waals surface area contributed by atoms with E-state index in [-0.39, 0.29) is 22.8 Å². The number of aryl methyl sites for hydroxylation is 2. The van der Waals surface area contributed by atoms with Gasteiger partial charge < -0.3 is 10.5 Å². The molecule has 0 saturated carbocycles. The van der Waals surface area contributed by atoms with Crippen molar-refractivity contribution in [3.05, 3.63) is 41.2 Å². The molecular weight excluding hydrogens is 320 g/mol. The third-order valence-corrected chi connectivity index (χ3v) is 4.69. The molecule has 9 heteroatoms. The minimum atomic E-state index is -3.80. The molecule has 0 saturated heterocycles. The maximum atomic E-state index is 12.4. The number of nitrogens with two attached hydrogens (primary N) is 1. The number of amides is 1. The number of ether oxygens (including phenoxy) is 1. The Morgan fingerprint density at radius 2 is 2.09 bits per heavy atom. The number of rotatable bonds is 6. The van der Waals surface area contributed by atoms with Crippen molar-refractivity contribution in [2.24, 2.45) is 12.8 Å². The number of methoxy groups -OCH3 is 1. The fraction of sp³-hybridized carbons (Fsp3) is 0.286. The van der Waals surface area contributed by atoms with Crippen LogP contribution in [0.25, 0.3) is 0 Å². The van der Waals surface area contributed by atoms with E-state index in [1.807, 2.05) is 6.92 Å². The summed E-state index contributed by atoms with van der Waals surface area (Å²) < 4.78 is 33.8. The van der Waals surface area contributed by atoms with Gasteiger partial charge in [0.05, 0.1) is 35.5 Å². The van der Waals surface area contributed by atoms with Crippen LogP contribution < -0.4 is 15.2 Å². The standard InChI is InChI=1S/C14H18N4O4S/c1-9-6-10(18(2)17-9)8-16-23(20,21)11-4-5-13(22-3)12(7-11)14(15)19/h4-7,16H,8H2,1-3H3,(H2,15,19). The lowest BCUT2D eigenvalue weighted by molar-refractivity contribution is 0.0997. The second-order valence-corrected chi connectivity index (χ2v) is 6.72. The van der Waals surface area contributed by atoms with Crippen LogP contribution in [-0.2, 0) is 23.6 Å². The Morgan fingerprint density at radius 3 is 2.61 bits per heavy atom. The predicted molar refractivity (Wildman–Crippen MR) is 83.5 cm³/mol. The smallest absolute Gasteiger partial charge is 0.252 e. The molecule has 2 rings (SSSR count). The predicted octanol–water partition coefficient (Wildman–Crippen LogP) is 0.315. The van der Waals surface area contributed by atoms with Crippen molar-refractivity contribution in [3.63, 3.8) is 0 Å². The number of primary amides is 1. The number of hydrogen-bond donors (Lipinski definition) is 2. The van der Waals surface area contributed by atoms with Gasteiger partial charge in [-0.05, 0) is 31.2 Å². The first kappa shape index (κ1) is 17.0. The first-order chi connectivity index (χ1) is 10.7. The molecule has 3 N–H and O–H groups in total. The van der Waals surface area contributed by atoms with Crippen LogP contribution in [0.15, 0.2) is 29.2 Å². The highest BCUT2D eigenvalue weighted by Gasteiger charge is 2.19. The summed E-state index contributed by atoms with van der Waals surface area (Å²) in [6.07, 6.45) is 0. The van der Waals surface area contributed by atoms with E-state index in [1.54, 1.807) is 17.8 Å². The van der Waals surface area contributed by atoms with Gasteiger partial charge in [0, 0.05) is 7.05 Å². The minimum absolute atomic E-state index is 0.00625. The average molecular weight is 338 g/mol. The molecule has 1 aromatic carbocycles. The molecule has 1 amide bonds. The van der Waals surface area contributed by atoms with Gasteiger partial charge in [0.1, 0.15) is 5.75 Å². The Kier molecular flexibility index (Phi) is 4.71. The van der Waals surface area contributed by atoms with E-state index in [0.29, 0.717) is 0 Å². The highest BCUT2D eigenvalue weighted by atomic mass is 32.2. The van der Waals surface area contributed by atoms with E-state index in [4.69, 9.17) is 10.5 Å². The molecule has 1 aromatic heterocycles. The molecular formula is C14H18N4O4S. The van der Waals surface area contributed by atoms with Crippen LogP contribution in [0.5, 0.6) is 5.75 Å². The normalized spacial score (nSPS) is 11.4. The number of aromatic nitrogens is 2. The lowest BCUT2D eigenvalue weighted by atomic mass is 10.2. The third-order valence-electron chi connectivity index (χ3n) is 3.29. The number of carbonyl (C=O) groups excluding carboxylic acids is 1. The summed E-state index contributed by atoms with van der Waals surface area (Å²) in [5.41, 5.74) is 6.76. The zero-order chi connectivity index (χ0) is 17.2. The van der Waals surface area contributed by atoms with Crippen molar-refractivity contribution in [2.75, 3.05) is 7.11 Å². The monoisotopic (exact) mass is 338 g/mol. The van der Waals surface area contributed by atoms with Crippen LogP contribution in [0, 0.1) is 6.92 Å². The highest BCUT2D eigenvalue weighted by Crippen LogP contribution is 2.22. The fourth-order valence-corrected chi connectivity index (χ4v) is 3.15. The summed E-state index contributed by atoms with van der Waals surface area (Å²) in [5.74, 6) is -0.542. The van der Waals surface area contributed by atoms with E-state index in [2.05, 4.69) is 9.82 Å². The van der Waals surface area contributed by atoms with Gasteiger partial charge in [0.25, 0.3) is 5.91 Å². The van der Waals surface area contributed by atoms with E-state index < -0.39 is 15.9 Å². The summed E-state index contributed by atoms with van der Waals surface area (Å²) in [5, 5.41) is 4.15. The first-order valence-corrected chi connectivity index (χ1v) is 8.20. The van der Waals surface area contributed by atoms with Crippen molar-refractivity contribution in [1.29, 1.82) is 0 Å². The van der Waals surface area contributed by atoms with Crippen LogP contribution in [0.4, 0.5) is 0 Å². The van der Waals surface area contributed by atoms with Crippen LogP contribution in [-0.4, -0.2) is 31.2 Å². The molecule has 0 bridgehead atoms. The molecule has 0 fully saturated rings. The molecule has 124 valence electrons. The summed E-state index contributed by atoms with van der Waals surface area (Å²) >= 11 is 0. The quantitative estimate of drug-likeness (QED) is 0.786. The fourth-order valence-electron chi connectivity index (χ4n) is 2.13. The molecule has 0 atom stereocenters. The summed E-state index contributed by atoms with van der Waals surface area (Å²) in [4.78, 5) is 11.3. The van der Waals surface area contributed by atoms with E-state index in [0.717, 1.165) is 11.4 Å². The maximum absolute atomic E-state index is 12.4. The van der Waals surface area contributed by atoms with E-state index in [9.17, 15) is 13.2 Å². The summed E-state index contributed by atoms with van der Waals surface area (Å²) in [6.45, 7) is 1.90. The number of benzene rings is 1. The van der Waals surface area contributed by atoms with Gasteiger partial charge in [-0.25, -0.2) is 13.1 Å². The second kappa shape index (κ2) is 6.39. The highest BCUT2D eigenvalue weighted by molar-refractivity contribution is 7.89. The van der Waals surface area contributed by atoms with Crippen molar-refractivity contribution in [3.8, 4) is 5.75 Å². The first-order valence-electron chi connectivity index (χ1n) is 6.71. The Morgan fingerprint density at radius 1 is 1.39 bits per heavy atom. The summed E-state index contributed by atoms with van der Waals surface area (Å²) in [6, 6.07) is 5.72. The third kappa shape index (κ3) is 3.69. The van der Waals surface area contributed by atoms with Gasteiger partial charge in [-0.3, -0.25) is 9.48 Å². The Hall–Kier alpha value is -2.39. The zero-order valence-electron chi connectivity index (χ0n) is 13.0. The van der Waals surface area contributed by atoms with Crippen LogP contribution >= 0.6 is 0 Å². The number of sulfonamides is 1. The van der Waals surface area contributed by atoms with Gasteiger partial charge in [0.2, 0.25) is 10.0 Å². The van der Waals surface area contributed by atoms with Crippen molar-refractivity contribution in [2.45, 2.75) is 18.4 Å². The van der Waals surface area contributed by atoms with Gasteiger partial charge in [-0.1, -0.05) is 0 Å². The SMILES string of the molecule is COc1ccc(S(=O)(=O)NCc2cc(C)nn2C)cc1C(N)=O. The second-order valence-electron chi connectivity index (χ2n) is 4.95. The van der Waals surface area contributed by atoms with Gasteiger partial charge in [-0.15, -0.1) is 0 Å². The molecule has 8 nitrogen and oxygen atoms in total. The number of carbonyl (C=O) groups is 1. The van der Waals surface area contributed by atoms with Gasteiger partial charge in [0.15, 0.2) is 0 Å². The molecule has 0 radical (unpaired) electrons. The molecule has 0 spiro atoms. The van der Waals surface area contributed by atoms with Gasteiger partial charge in [-0.2, -0.15) is 5.10 Å². The molecule has 0 unspecified atom stereocenters. The van der Waals surface area contributed by atoms with E-state index in [1.165, 1.54) is 25.3 Å².